The molecule has 0 aliphatic carbocycles. The minimum atomic E-state index is -4.45. The van der Waals surface area contributed by atoms with Crippen LogP contribution in [0.2, 0.25) is 0 Å². The van der Waals surface area contributed by atoms with Crippen LogP contribution >= 0.6 is 21.6 Å². The topological polar surface area (TPSA) is 60.4 Å². The van der Waals surface area contributed by atoms with Crippen LogP contribution in [-0.4, -0.2) is 27.2 Å². The molecule has 0 aromatic heterocycles. The number of benzene rings is 2. The van der Waals surface area contributed by atoms with E-state index in [0.717, 1.165) is 17.7 Å². The number of esters is 1. The number of hydrogen-bond acceptors (Lipinski definition) is 6. The van der Waals surface area contributed by atoms with Gasteiger partial charge in [0.05, 0.1) is 29.7 Å². The molecular formula is C20H19F3O4S3. The summed E-state index contributed by atoms with van der Waals surface area (Å²) in [4.78, 5) is 11.4. The van der Waals surface area contributed by atoms with Gasteiger partial charge in [-0.05, 0) is 40.8 Å². The summed E-state index contributed by atoms with van der Waals surface area (Å²) in [5.74, 6) is -0.256. The molecule has 0 saturated carbocycles. The Bertz CT molecular complexity index is 968. The minimum Gasteiger partial charge on any atom is -0.465 e. The molecule has 0 amide bonds. The number of alkyl halides is 3. The molecule has 0 fully saturated rings. The Balaban J connectivity index is 1.76. The van der Waals surface area contributed by atoms with Crippen molar-refractivity contribution in [1.82, 2.24) is 0 Å². The molecule has 2 aromatic carbocycles. The van der Waals surface area contributed by atoms with Crippen molar-refractivity contribution in [2.75, 3.05) is 12.9 Å². The third kappa shape index (κ3) is 8.08. The van der Waals surface area contributed by atoms with Gasteiger partial charge in [0.25, 0.3) is 0 Å². The van der Waals surface area contributed by atoms with Crippen LogP contribution in [0, 0.1) is 0 Å². The lowest BCUT2D eigenvalue weighted by molar-refractivity contribution is -0.137. The lowest BCUT2D eigenvalue weighted by Crippen LogP contribution is -2.08. The summed E-state index contributed by atoms with van der Waals surface area (Å²) in [7, 11) is 0.713. The van der Waals surface area contributed by atoms with Crippen molar-refractivity contribution in [3.05, 3.63) is 82.3 Å². The molecule has 10 heteroatoms. The van der Waals surface area contributed by atoms with Gasteiger partial charge in [-0.15, -0.1) is 0 Å². The van der Waals surface area contributed by atoms with Crippen LogP contribution in [0.4, 0.5) is 13.2 Å². The van der Waals surface area contributed by atoms with Crippen molar-refractivity contribution in [1.29, 1.82) is 0 Å². The van der Waals surface area contributed by atoms with E-state index in [2.05, 4.69) is 4.74 Å². The van der Waals surface area contributed by atoms with Gasteiger partial charge in [-0.25, -0.2) is 13.2 Å². The quantitative estimate of drug-likeness (QED) is 0.271. The molecule has 0 aliphatic rings. The molecule has 30 heavy (non-hydrogen) atoms. The summed E-state index contributed by atoms with van der Waals surface area (Å²) < 4.78 is 66.5. The Labute approximate surface area is 181 Å². The SMILES string of the molecule is COC(=O)c1ccc(CSSC=CCS(=O)(=O)Cc2ccc(C(F)(F)F)cc2)cc1. The Hall–Kier alpha value is -1.91. The number of methoxy groups -OCH3 is 1. The van der Waals surface area contributed by atoms with E-state index in [4.69, 9.17) is 0 Å². The molecule has 0 heterocycles. The third-order valence-corrected chi connectivity index (χ3v) is 7.30. The standard InChI is InChI=1S/C20H19F3O4S3/c1-27-19(24)17-7-3-15(4-8-17)13-29-28-11-2-12-30(25,26)14-16-5-9-18(10-6-16)20(21,22)23/h2-11H,12-14H2,1H3. The number of carbonyl (C=O) groups is 1. The molecule has 2 rings (SSSR count). The summed E-state index contributed by atoms with van der Waals surface area (Å²) >= 11 is 0. The summed E-state index contributed by atoms with van der Waals surface area (Å²) in [6.45, 7) is 0. The van der Waals surface area contributed by atoms with Gasteiger partial charge in [-0.1, -0.05) is 51.9 Å². The molecule has 0 N–H and O–H groups in total. The van der Waals surface area contributed by atoms with Gasteiger partial charge >= 0.3 is 12.1 Å². The van der Waals surface area contributed by atoms with E-state index >= 15 is 0 Å². The monoisotopic (exact) mass is 476 g/mol. The molecule has 4 nitrogen and oxygen atoms in total. The molecule has 0 spiro atoms. The van der Waals surface area contributed by atoms with Crippen LogP contribution in [-0.2, 0) is 32.3 Å². The zero-order valence-electron chi connectivity index (χ0n) is 15.9. The van der Waals surface area contributed by atoms with E-state index in [1.807, 2.05) is 12.1 Å². The van der Waals surface area contributed by atoms with Gasteiger partial charge in [0, 0.05) is 5.75 Å². The largest absolute Gasteiger partial charge is 0.465 e. The average molecular weight is 477 g/mol. The van der Waals surface area contributed by atoms with Gasteiger partial charge in [0.1, 0.15) is 0 Å². The molecule has 2 aromatic rings. The minimum absolute atomic E-state index is 0.199. The number of ether oxygens (including phenoxy) is 1. The van der Waals surface area contributed by atoms with Gasteiger partial charge in [0.15, 0.2) is 9.84 Å². The van der Waals surface area contributed by atoms with Crippen LogP contribution in [0.1, 0.15) is 27.0 Å². The second kappa shape index (κ2) is 10.9. The van der Waals surface area contributed by atoms with Crippen molar-refractivity contribution >= 4 is 37.4 Å². The molecule has 0 saturated heterocycles. The maximum absolute atomic E-state index is 12.5. The molecule has 0 atom stereocenters. The van der Waals surface area contributed by atoms with Crippen LogP contribution in [0.3, 0.4) is 0 Å². The second-order valence-corrected chi connectivity index (χ2v) is 10.6. The van der Waals surface area contributed by atoms with E-state index in [1.54, 1.807) is 17.5 Å². The van der Waals surface area contributed by atoms with Gasteiger partial charge in [0.2, 0.25) is 0 Å². The summed E-state index contributed by atoms with van der Waals surface area (Å²) in [6, 6.07) is 11.1. The lowest BCUT2D eigenvalue weighted by Gasteiger charge is -2.07. The first-order chi connectivity index (χ1) is 14.1. The van der Waals surface area contributed by atoms with E-state index in [0.29, 0.717) is 16.9 Å². The number of sulfone groups is 1. The number of carbonyl (C=O) groups excluding carboxylic acids is 1. The third-order valence-electron chi connectivity index (χ3n) is 3.84. The van der Waals surface area contributed by atoms with E-state index < -0.39 is 27.5 Å². The summed E-state index contributed by atoms with van der Waals surface area (Å²) in [5.41, 5.74) is 0.978. The van der Waals surface area contributed by atoms with Gasteiger partial charge in [-0.3, -0.25) is 0 Å². The first kappa shape index (κ1) is 24.4. The summed E-state index contributed by atoms with van der Waals surface area (Å²) in [5, 5.41) is 1.66. The zero-order valence-corrected chi connectivity index (χ0v) is 18.3. The van der Waals surface area contributed by atoms with Crippen LogP contribution in [0.25, 0.3) is 0 Å². The van der Waals surface area contributed by atoms with Gasteiger partial charge in [-0.2, -0.15) is 13.2 Å². The fourth-order valence-electron chi connectivity index (χ4n) is 2.32. The summed E-state index contributed by atoms with van der Waals surface area (Å²) in [6.07, 6.45) is -2.93. The Kier molecular flexibility index (Phi) is 8.87. The van der Waals surface area contributed by atoms with Crippen LogP contribution in [0.5, 0.6) is 0 Å². The zero-order chi connectivity index (χ0) is 22.2. The highest BCUT2D eigenvalue weighted by atomic mass is 33.1. The van der Waals surface area contributed by atoms with Crippen molar-refractivity contribution in [2.24, 2.45) is 0 Å². The molecule has 0 bridgehead atoms. The van der Waals surface area contributed by atoms with Crippen molar-refractivity contribution in [2.45, 2.75) is 17.7 Å². The molecule has 0 aliphatic heterocycles. The molecule has 0 radical (unpaired) electrons. The normalized spacial score (nSPS) is 12.3. The molecule has 162 valence electrons. The maximum Gasteiger partial charge on any atom is 0.416 e. The van der Waals surface area contributed by atoms with Gasteiger partial charge < -0.3 is 4.74 Å². The fourth-order valence-corrected chi connectivity index (χ4v) is 5.39. The smallest absolute Gasteiger partial charge is 0.416 e. The molecule has 0 unspecified atom stereocenters. The Morgan fingerprint density at radius 3 is 2.20 bits per heavy atom. The predicted molar refractivity (Wildman–Crippen MR) is 115 cm³/mol. The highest BCUT2D eigenvalue weighted by Crippen LogP contribution is 2.29. The Morgan fingerprint density at radius 1 is 1.03 bits per heavy atom. The van der Waals surface area contributed by atoms with Crippen molar-refractivity contribution in [3.63, 3.8) is 0 Å². The fraction of sp³-hybridized carbons (Fsp3) is 0.250. The average Bonchev–Trinajstić information content (AvgIpc) is 2.70. The molecular weight excluding hydrogens is 457 g/mol. The first-order valence-electron chi connectivity index (χ1n) is 8.58. The Morgan fingerprint density at radius 2 is 1.63 bits per heavy atom. The van der Waals surface area contributed by atoms with E-state index in [1.165, 1.54) is 46.9 Å². The van der Waals surface area contributed by atoms with Crippen molar-refractivity contribution in [3.8, 4) is 0 Å². The van der Waals surface area contributed by atoms with Crippen LogP contribution in [0.15, 0.2) is 60.0 Å². The number of halogens is 3. The van der Waals surface area contributed by atoms with E-state index in [9.17, 15) is 26.4 Å². The maximum atomic E-state index is 12.5. The first-order valence-corrected chi connectivity index (χ1v) is 12.8. The second-order valence-electron chi connectivity index (χ2n) is 6.17. The lowest BCUT2D eigenvalue weighted by atomic mass is 10.1. The highest BCUT2D eigenvalue weighted by Gasteiger charge is 2.30. The highest BCUT2D eigenvalue weighted by molar-refractivity contribution is 8.77. The predicted octanol–water partition coefficient (Wildman–Crippen LogP) is 5.50. The van der Waals surface area contributed by atoms with E-state index in [-0.39, 0.29) is 11.5 Å². The van der Waals surface area contributed by atoms with Crippen molar-refractivity contribution < 1.29 is 31.1 Å². The number of hydrogen-bond donors (Lipinski definition) is 0. The number of rotatable bonds is 9. The van der Waals surface area contributed by atoms with Crippen LogP contribution < -0.4 is 0 Å².